The van der Waals surface area contributed by atoms with E-state index in [4.69, 9.17) is 4.74 Å². The minimum Gasteiger partial charge on any atom is -0.452 e. The summed E-state index contributed by atoms with van der Waals surface area (Å²) in [4.78, 5) is 26.5. The Hall–Kier alpha value is -2.30. The second-order valence-electron chi connectivity index (χ2n) is 3.80. The van der Waals surface area contributed by atoms with Crippen LogP contribution in [0.5, 0.6) is 0 Å². The fourth-order valence-electron chi connectivity index (χ4n) is 2.00. The summed E-state index contributed by atoms with van der Waals surface area (Å²) >= 11 is 0. The normalized spacial score (nSPS) is 13.8. The molecule has 1 aromatic rings. The van der Waals surface area contributed by atoms with E-state index in [-0.39, 0.29) is 5.91 Å². The van der Waals surface area contributed by atoms with Crippen molar-refractivity contribution >= 4 is 23.4 Å². The number of carbonyl (C=O) groups is 2. The zero-order valence-electron chi connectivity index (χ0n) is 10.1. The molecule has 0 fully saturated rings. The molecule has 0 aromatic heterocycles. The molecule has 5 heteroatoms. The first-order chi connectivity index (χ1) is 8.69. The molecular formula is C13H14N2O3. The van der Waals surface area contributed by atoms with Gasteiger partial charge in [0.05, 0.1) is 18.5 Å². The van der Waals surface area contributed by atoms with E-state index in [1.54, 1.807) is 17.0 Å². The molecule has 1 aliphatic rings. The first-order valence-corrected chi connectivity index (χ1v) is 5.57. The molecule has 0 saturated carbocycles. The zero-order valence-corrected chi connectivity index (χ0v) is 10.1. The molecule has 0 aliphatic carbocycles. The van der Waals surface area contributed by atoms with Crippen molar-refractivity contribution in [2.75, 3.05) is 30.0 Å². The summed E-state index contributed by atoms with van der Waals surface area (Å²) in [5.74, 6) is -0.174. The number of para-hydroxylation sites is 2. The Labute approximate surface area is 105 Å². The van der Waals surface area contributed by atoms with Crippen molar-refractivity contribution in [3.8, 4) is 0 Å². The molecular weight excluding hydrogens is 232 g/mol. The first kappa shape index (κ1) is 12.2. The van der Waals surface area contributed by atoms with Gasteiger partial charge in [-0.15, -0.1) is 0 Å². The fraction of sp³-hybridized carbons (Fsp3) is 0.231. The largest absolute Gasteiger partial charge is 0.452 e. The molecule has 1 heterocycles. The summed E-state index contributed by atoms with van der Waals surface area (Å²) in [5, 5.41) is 0. The van der Waals surface area contributed by atoms with Crippen molar-refractivity contribution in [1.82, 2.24) is 0 Å². The number of anilines is 2. The van der Waals surface area contributed by atoms with E-state index >= 15 is 0 Å². The SMILES string of the molecule is C=CC(=O)N1CCN(C(=O)OC)c2ccccc21. The summed E-state index contributed by atoms with van der Waals surface area (Å²) in [6.07, 6.45) is 0.845. The number of carbonyl (C=O) groups excluding carboxylic acids is 2. The van der Waals surface area contributed by atoms with E-state index in [0.29, 0.717) is 24.5 Å². The first-order valence-electron chi connectivity index (χ1n) is 5.57. The predicted molar refractivity (Wildman–Crippen MR) is 68.7 cm³/mol. The van der Waals surface area contributed by atoms with Crippen LogP contribution in [0.3, 0.4) is 0 Å². The molecule has 94 valence electrons. The van der Waals surface area contributed by atoms with Gasteiger partial charge >= 0.3 is 6.09 Å². The summed E-state index contributed by atoms with van der Waals surface area (Å²) in [6, 6.07) is 7.22. The number of ether oxygens (including phenoxy) is 1. The number of hydrogen-bond donors (Lipinski definition) is 0. The third-order valence-electron chi connectivity index (χ3n) is 2.85. The van der Waals surface area contributed by atoms with Gasteiger partial charge in [0, 0.05) is 13.1 Å². The Kier molecular flexibility index (Phi) is 3.32. The third-order valence-corrected chi connectivity index (χ3v) is 2.85. The Balaban J connectivity index is 2.43. The maximum atomic E-state index is 11.7. The molecule has 18 heavy (non-hydrogen) atoms. The van der Waals surface area contributed by atoms with E-state index in [2.05, 4.69) is 6.58 Å². The molecule has 2 rings (SSSR count). The lowest BCUT2D eigenvalue weighted by molar-refractivity contribution is -0.114. The van der Waals surface area contributed by atoms with Gasteiger partial charge in [0.15, 0.2) is 0 Å². The number of rotatable bonds is 1. The second-order valence-corrected chi connectivity index (χ2v) is 3.80. The molecule has 0 atom stereocenters. The quantitative estimate of drug-likeness (QED) is 0.710. The van der Waals surface area contributed by atoms with Gasteiger partial charge in [-0.3, -0.25) is 9.69 Å². The highest BCUT2D eigenvalue weighted by molar-refractivity contribution is 6.06. The van der Waals surface area contributed by atoms with Crippen molar-refractivity contribution in [3.63, 3.8) is 0 Å². The molecule has 0 bridgehead atoms. The molecule has 1 aliphatic heterocycles. The van der Waals surface area contributed by atoms with E-state index in [1.165, 1.54) is 18.1 Å². The lowest BCUT2D eigenvalue weighted by Crippen LogP contribution is -2.45. The topological polar surface area (TPSA) is 49.9 Å². The van der Waals surface area contributed by atoms with E-state index in [0.717, 1.165) is 0 Å². The second kappa shape index (κ2) is 4.91. The highest BCUT2D eigenvalue weighted by Gasteiger charge is 2.29. The van der Waals surface area contributed by atoms with Gasteiger partial charge in [0.1, 0.15) is 0 Å². The third kappa shape index (κ3) is 1.95. The van der Waals surface area contributed by atoms with Crippen LogP contribution in [0.25, 0.3) is 0 Å². The summed E-state index contributed by atoms with van der Waals surface area (Å²) in [5.41, 5.74) is 1.37. The van der Waals surface area contributed by atoms with Crippen LogP contribution >= 0.6 is 0 Å². The van der Waals surface area contributed by atoms with Gasteiger partial charge < -0.3 is 9.64 Å². The van der Waals surface area contributed by atoms with Gasteiger partial charge in [-0.05, 0) is 18.2 Å². The average molecular weight is 246 g/mol. The van der Waals surface area contributed by atoms with Crippen LogP contribution in [0.2, 0.25) is 0 Å². The fourth-order valence-corrected chi connectivity index (χ4v) is 2.00. The molecule has 5 nitrogen and oxygen atoms in total. The minimum atomic E-state index is -0.423. The van der Waals surface area contributed by atoms with E-state index in [9.17, 15) is 9.59 Å². The van der Waals surface area contributed by atoms with Gasteiger partial charge in [0.2, 0.25) is 0 Å². The van der Waals surface area contributed by atoms with Crippen LogP contribution in [0, 0.1) is 0 Å². The lowest BCUT2D eigenvalue weighted by atomic mass is 10.1. The Morgan fingerprint density at radius 3 is 2.33 bits per heavy atom. The summed E-state index contributed by atoms with van der Waals surface area (Å²) in [6.45, 7) is 4.32. The number of methoxy groups -OCH3 is 1. The van der Waals surface area contributed by atoms with Crippen molar-refractivity contribution in [1.29, 1.82) is 0 Å². The average Bonchev–Trinajstić information content (AvgIpc) is 2.44. The molecule has 0 N–H and O–H groups in total. The van der Waals surface area contributed by atoms with Crippen LogP contribution in [-0.2, 0) is 9.53 Å². The number of amides is 2. The molecule has 0 saturated heterocycles. The smallest absolute Gasteiger partial charge is 0.414 e. The number of benzene rings is 1. The standard InChI is InChI=1S/C13H14N2O3/c1-3-12(16)14-8-9-15(13(17)18-2)11-7-5-4-6-10(11)14/h3-7H,1,8-9H2,2H3. The van der Waals surface area contributed by atoms with Gasteiger partial charge in [-0.2, -0.15) is 0 Å². The van der Waals surface area contributed by atoms with Crippen LogP contribution in [0.15, 0.2) is 36.9 Å². The van der Waals surface area contributed by atoms with E-state index < -0.39 is 6.09 Å². The summed E-state index contributed by atoms with van der Waals surface area (Å²) in [7, 11) is 1.34. The number of hydrogen-bond acceptors (Lipinski definition) is 3. The molecule has 0 unspecified atom stereocenters. The maximum absolute atomic E-state index is 11.7. The van der Waals surface area contributed by atoms with Crippen LogP contribution < -0.4 is 9.80 Å². The molecule has 0 radical (unpaired) electrons. The van der Waals surface area contributed by atoms with Crippen molar-refractivity contribution in [2.45, 2.75) is 0 Å². The molecule has 0 spiro atoms. The van der Waals surface area contributed by atoms with Crippen molar-refractivity contribution < 1.29 is 14.3 Å². The monoisotopic (exact) mass is 246 g/mol. The highest BCUT2D eigenvalue weighted by atomic mass is 16.5. The van der Waals surface area contributed by atoms with Gasteiger partial charge in [-0.25, -0.2) is 4.79 Å². The minimum absolute atomic E-state index is 0.174. The Bertz CT molecular complexity index is 499. The Morgan fingerprint density at radius 2 is 1.78 bits per heavy atom. The summed E-state index contributed by atoms with van der Waals surface area (Å²) < 4.78 is 4.73. The highest BCUT2D eigenvalue weighted by Crippen LogP contribution is 2.33. The number of fused-ring (bicyclic) bond motifs is 1. The van der Waals surface area contributed by atoms with Crippen molar-refractivity contribution in [2.24, 2.45) is 0 Å². The van der Waals surface area contributed by atoms with Gasteiger partial charge in [-0.1, -0.05) is 18.7 Å². The number of nitrogens with zero attached hydrogens (tertiary/aromatic N) is 2. The van der Waals surface area contributed by atoms with Crippen LogP contribution in [0.1, 0.15) is 0 Å². The van der Waals surface area contributed by atoms with Gasteiger partial charge in [0.25, 0.3) is 5.91 Å². The van der Waals surface area contributed by atoms with E-state index in [1.807, 2.05) is 12.1 Å². The lowest BCUT2D eigenvalue weighted by Gasteiger charge is -2.35. The maximum Gasteiger partial charge on any atom is 0.414 e. The van der Waals surface area contributed by atoms with Crippen LogP contribution in [0.4, 0.5) is 16.2 Å². The molecule has 2 amide bonds. The zero-order chi connectivity index (χ0) is 13.1. The van der Waals surface area contributed by atoms with Crippen LogP contribution in [-0.4, -0.2) is 32.2 Å². The van der Waals surface area contributed by atoms with Crippen molar-refractivity contribution in [3.05, 3.63) is 36.9 Å². The Morgan fingerprint density at radius 1 is 1.22 bits per heavy atom. The molecule has 1 aromatic carbocycles. The predicted octanol–water partition coefficient (Wildman–Crippen LogP) is 1.79.